The van der Waals surface area contributed by atoms with Crippen LogP contribution in [0.15, 0.2) is 120 Å². The van der Waals surface area contributed by atoms with Gasteiger partial charge in [-0.05, 0) is 131 Å². The lowest BCUT2D eigenvalue weighted by atomic mass is 9.90. The summed E-state index contributed by atoms with van der Waals surface area (Å²) in [5.41, 5.74) is 1.78. The van der Waals surface area contributed by atoms with E-state index in [1.807, 2.05) is 0 Å². The van der Waals surface area contributed by atoms with Gasteiger partial charge in [0.1, 0.15) is 51.4 Å². The van der Waals surface area contributed by atoms with Crippen molar-refractivity contribution < 1.29 is 71.4 Å². The third kappa shape index (κ3) is 26.6. The average molecular weight is 2110 g/mol. The number of aryl methyl sites for hydroxylation is 2. The van der Waals surface area contributed by atoms with Crippen LogP contribution < -0.4 is 61.0 Å². The SMILES string of the molecule is C=CC(=O)C[C@H]1CCOC[C@H]1Nc1ncc2cc(-c3c(Cl)c(OC)cc(OC)c3Cl)c(=O)n(CCCN3CCN(C(=O)C#CC)CC3)c2n1.C=CC(=O)C[C@H]1CCOC[C@H]1Nc1ncc2cc(-c3c(Cl)c(OC)cc(OC)c3Cl)c(=O)n(CCCN3CCN(C(=O)C=C)CC3)c2n1.C=CC(=O)C[C@H]1CCOC[C@H]1Nc1ncc2cc(-c3c(Cl)c(OC)cc(OC)c3Cl)c(=O)n(CCN3CCN(C(=O)C#CC)CC3)c2n1. The minimum absolute atomic E-state index is 0.00861. The predicted octanol–water partition coefficient (Wildman–Crippen LogP) is 12.7. The van der Waals surface area contributed by atoms with Gasteiger partial charge in [-0.15, -0.1) is 0 Å². The van der Waals surface area contributed by atoms with Gasteiger partial charge in [-0.1, -0.05) is 108 Å². The van der Waals surface area contributed by atoms with Crippen molar-refractivity contribution in [1.29, 1.82) is 0 Å². The summed E-state index contributed by atoms with van der Waals surface area (Å²) in [5.74, 6) is 12.8. The molecule has 9 aromatic rings. The molecule has 6 aromatic heterocycles. The summed E-state index contributed by atoms with van der Waals surface area (Å²) in [6.45, 7) is 31.0. The Bertz CT molecular complexity index is 6590. The van der Waals surface area contributed by atoms with E-state index < -0.39 is 0 Å². The minimum Gasteiger partial charge on any atom is -0.495 e. The summed E-state index contributed by atoms with van der Waals surface area (Å²) in [4.78, 5) is 156. The maximum absolute atomic E-state index is 14.4. The number of rotatable bonds is 36. The number of amides is 3. The fourth-order valence-electron chi connectivity index (χ4n) is 18.5. The number of fused-ring (bicyclic) bond motifs is 3. The number of benzene rings is 3. The molecule has 6 fully saturated rings. The van der Waals surface area contributed by atoms with Crippen molar-refractivity contribution >= 4 is 156 Å². The van der Waals surface area contributed by atoms with E-state index in [9.17, 15) is 43.2 Å². The summed E-state index contributed by atoms with van der Waals surface area (Å²) >= 11 is 40.6. The van der Waals surface area contributed by atoms with Crippen LogP contribution in [0.1, 0.15) is 65.2 Å². The number of halogens is 6. The highest BCUT2D eigenvalue weighted by Crippen LogP contribution is 2.49. The van der Waals surface area contributed by atoms with E-state index in [2.05, 4.69) is 95.6 Å². The Hall–Kier alpha value is -12.3. The van der Waals surface area contributed by atoms with Gasteiger partial charge < -0.3 is 73.3 Å². The van der Waals surface area contributed by atoms with Gasteiger partial charge in [-0.3, -0.25) is 71.6 Å². The molecule has 0 radical (unpaired) electrons. The lowest BCUT2D eigenvalue weighted by Crippen LogP contribution is -2.49. The first kappa shape index (κ1) is 110. The van der Waals surface area contributed by atoms with Crippen molar-refractivity contribution in [3.8, 4) is 91.6 Å². The van der Waals surface area contributed by atoms with Crippen LogP contribution in [0.3, 0.4) is 0 Å². The molecule has 12 heterocycles. The molecule has 36 nitrogen and oxygen atoms in total. The van der Waals surface area contributed by atoms with E-state index in [1.165, 1.54) is 67.0 Å². The van der Waals surface area contributed by atoms with Crippen molar-refractivity contribution in [2.45, 2.75) is 103 Å². The van der Waals surface area contributed by atoms with Crippen molar-refractivity contribution in [2.75, 3.05) is 196 Å². The van der Waals surface area contributed by atoms with Gasteiger partial charge in [0, 0.05) is 213 Å². The van der Waals surface area contributed by atoms with Gasteiger partial charge >= 0.3 is 0 Å². The first-order chi connectivity index (χ1) is 70.0. The topological polar surface area (TPSA) is 384 Å². The van der Waals surface area contributed by atoms with Crippen LogP contribution in [0, 0.1) is 41.4 Å². The highest BCUT2D eigenvalue weighted by Gasteiger charge is 2.36. The number of pyridine rings is 3. The highest BCUT2D eigenvalue weighted by molar-refractivity contribution is 6.43. The van der Waals surface area contributed by atoms with E-state index in [-0.39, 0.29) is 158 Å². The van der Waals surface area contributed by atoms with Gasteiger partial charge in [-0.25, -0.2) is 15.0 Å². The van der Waals surface area contributed by atoms with Crippen molar-refractivity contribution in [3.63, 3.8) is 0 Å². The van der Waals surface area contributed by atoms with Crippen molar-refractivity contribution in [3.05, 3.63) is 167 Å². The molecular formula is C103H118Cl6N18O18. The Morgan fingerprint density at radius 3 is 0.931 bits per heavy atom. The van der Waals surface area contributed by atoms with Gasteiger partial charge in [0.25, 0.3) is 28.5 Å². The van der Waals surface area contributed by atoms with Crippen LogP contribution in [-0.2, 0) is 62.6 Å². The molecule has 3 amide bonds. The van der Waals surface area contributed by atoms with E-state index in [4.69, 9.17) is 127 Å². The number of carbonyl (C=O) groups is 6. The van der Waals surface area contributed by atoms with Gasteiger partial charge in [0.2, 0.25) is 23.8 Å². The molecular weight excluding hydrogens is 1990 g/mol. The smallest absolute Gasteiger partial charge is 0.298 e. The number of ether oxygens (including phenoxy) is 9. The molecule has 3 aromatic carbocycles. The largest absolute Gasteiger partial charge is 0.495 e. The van der Waals surface area contributed by atoms with Crippen LogP contribution in [0.5, 0.6) is 34.5 Å². The Labute approximate surface area is 869 Å². The zero-order valence-electron chi connectivity index (χ0n) is 82.2. The number of hydrogen-bond acceptors (Lipinski definition) is 30. The molecule has 0 bridgehead atoms. The first-order valence-corrected chi connectivity index (χ1v) is 49.9. The zero-order valence-corrected chi connectivity index (χ0v) is 86.8. The first-order valence-electron chi connectivity index (χ1n) is 47.6. The minimum atomic E-state index is -0.367. The molecule has 0 aliphatic carbocycles. The molecule has 0 saturated carbocycles. The van der Waals surface area contributed by atoms with E-state index >= 15 is 0 Å². The lowest BCUT2D eigenvalue weighted by Gasteiger charge is -2.34. The van der Waals surface area contributed by atoms with Crippen LogP contribution in [0.2, 0.25) is 30.1 Å². The second kappa shape index (κ2) is 52.2. The van der Waals surface area contributed by atoms with E-state index in [0.29, 0.717) is 275 Å². The number of aromatic nitrogens is 9. The fraction of sp³-hybridized carbons (Fsp3) is 0.447. The summed E-state index contributed by atoms with van der Waals surface area (Å²) in [7, 11) is 8.83. The Morgan fingerprint density at radius 2 is 0.662 bits per heavy atom. The fourth-order valence-corrected chi connectivity index (χ4v) is 20.6. The van der Waals surface area contributed by atoms with Gasteiger partial charge in [-0.2, -0.15) is 15.0 Å². The summed E-state index contributed by atoms with van der Waals surface area (Å²) in [5, 5.41) is 12.8. The molecule has 15 rings (SSSR count). The monoisotopic (exact) mass is 2100 g/mol. The number of hydrogen-bond donors (Lipinski definition) is 3. The van der Waals surface area contributed by atoms with Crippen LogP contribution in [-0.4, -0.2) is 307 Å². The number of carbonyl (C=O) groups excluding carboxylic acids is 6. The molecule has 42 heteroatoms. The maximum atomic E-state index is 14.4. The molecule has 6 aliphatic rings. The predicted molar refractivity (Wildman–Crippen MR) is 561 cm³/mol. The number of ketones is 3. The molecule has 6 saturated heterocycles. The standard InChI is InChI=1S/C35H40Cl2N6O6.C34H40Cl2N6O6.C34H38Cl2N6O6/c1-5-8-29(45)42-14-12-41(13-15-42)10-7-11-43-33-23(18-25(34(43)46)30-31(36)27(47-3)19-28(48-4)32(30)37)20-38-35(40-33)39-26-21-49-16-9-22(26)17-24(44)6-2;1-5-23(43)16-21-8-15-48-20-25(21)38-34-37-19-22-17-24(29-30(35)26(46-3)18-27(47-4)31(29)36)33(45)42(32(22)39-34)10-7-9-40-11-13-41(14-12-40)28(44)6-2;1-5-7-28(44)41-12-9-40(10-13-41)11-14-42-32-22(17-24(33(42)45)29-30(35)26(46-3)18-27(47-4)31(29)36)19-37-34(39-32)38-25-20-48-15-8-21(25)16-23(43)6-2/h6,18-20,22,26H,2,7,9-17,21H2,1,3-4H3,(H,38,39,40);5-6,17-19,21,25H,1-2,7-16,20H2,3-4H3,(H,37,38,39);6,17-19,21,25H,2,8-16,20H2,1,3-4H3,(H,37,38,39)/t22-,26-;2*21-,25-/m111/s1. The quantitative estimate of drug-likeness (QED) is 0.0242. The third-order valence-corrected chi connectivity index (χ3v) is 28.8. The van der Waals surface area contributed by atoms with Crippen LogP contribution in [0.25, 0.3) is 66.5 Å². The van der Waals surface area contributed by atoms with Crippen LogP contribution in [0.4, 0.5) is 17.8 Å². The molecule has 6 atom stereocenters. The zero-order chi connectivity index (χ0) is 104. The average Bonchev–Trinajstić information content (AvgIpc) is 0.756. The van der Waals surface area contributed by atoms with Crippen molar-refractivity contribution in [1.82, 2.24) is 73.0 Å². The van der Waals surface area contributed by atoms with Gasteiger partial charge in [0.05, 0.1) is 127 Å². The number of anilines is 3. The molecule has 6 aliphatic heterocycles. The Balaban J connectivity index is 0.000000182. The summed E-state index contributed by atoms with van der Waals surface area (Å²) < 4.78 is 54.7. The summed E-state index contributed by atoms with van der Waals surface area (Å²) in [6, 6.07) is 9.11. The summed E-state index contributed by atoms with van der Waals surface area (Å²) in [6.07, 6.45) is 14.7. The number of methoxy groups -OCH3 is 6. The lowest BCUT2D eigenvalue weighted by molar-refractivity contribution is -0.128. The Morgan fingerprint density at radius 1 is 0.386 bits per heavy atom. The number of allylic oxidation sites excluding steroid dienone is 3. The Kier molecular flexibility index (Phi) is 39.6. The van der Waals surface area contributed by atoms with E-state index in [0.717, 1.165) is 13.1 Å². The number of nitrogens with one attached hydrogen (secondary N) is 3. The molecule has 0 spiro atoms. The van der Waals surface area contributed by atoms with Crippen LogP contribution >= 0.6 is 69.6 Å². The second-order valence-corrected chi connectivity index (χ2v) is 37.4. The third-order valence-electron chi connectivity index (χ3n) is 26.5. The van der Waals surface area contributed by atoms with Crippen molar-refractivity contribution in [2.24, 2.45) is 17.8 Å². The number of nitrogens with zero attached hydrogens (tertiary/aromatic N) is 15. The van der Waals surface area contributed by atoms with E-state index in [1.54, 1.807) is 97.2 Å². The molecule has 3 N–H and O–H groups in total. The number of piperazine rings is 3. The molecule has 0 unspecified atom stereocenters. The highest BCUT2D eigenvalue weighted by atomic mass is 35.5. The second-order valence-electron chi connectivity index (χ2n) is 35.2. The molecule has 770 valence electrons. The normalized spacial score (nSPS) is 18.2. The van der Waals surface area contributed by atoms with Gasteiger partial charge in [0.15, 0.2) is 17.3 Å². The molecule has 145 heavy (non-hydrogen) atoms. The maximum Gasteiger partial charge on any atom is 0.298 e.